The molecule has 0 unspecified atom stereocenters. The molecule has 0 aliphatic heterocycles. The van der Waals surface area contributed by atoms with E-state index in [1.807, 2.05) is 18.2 Å². The Bertz CT molecular complexity index is 169. The molecule has 0 saturated heterocycles. The summed E-state index contributed by atoms with van der Waals surface area (Å²) >= 11 is 2.28. The van der Waals surface area contributed by atoms with Crippen molar-refractivity contribution >= 4 is 22.6 Å². The molecule has 0 atom stereocenters. The van der Waals surface area contributed by atoms with Crippen LogP contribution in [0.15, 0.2) is 30.3 Å². The Morgan fingerprint density at radius 3 is 1.70 bits per heavy atom. The van der Waals surface area contributed by atoms with Gasteiger partial charge in [-0.05, 0) is 34.7 Å². The quantitative estimate of drug-likeness (QED) is 0.246. The third kappa shape index (κ3) is 6.23. The van der Waals surface area contributed by atoms with Crippen molar-refractivity contribution in [3.8, 4) is 6.42 Å². The van der Waals surface area contributed by atoms with Gasteiger partial charge in [0, 0.05) is 3.57 Å². The van der Waals surface area contributed by atoms with Crippen molar-refractivity contribution in [3.63, 3.8) is 0 Å². The van der Waals surface area contributed by atoms with Gasteiger partial charge in [-0.15, -0.1) is 0 Å². The van der Waals surface area contributed by atoms with Gasteiger partial charge >= 0.3 is 18.9 Å². The molecular formula is C8H6ILi. The van der Waals surface area contributed by atoms with Gasteiger partial charge < -0.3 is 12.8 Å². The maximum absolute atomic E-state index is 5.25. The standard InChI is InChI=1S/C6H5I.C2H.Li/c7-6-4-2-1-3-5-6;1-2;/h1-5H;1H;/q;-1;+1. The molecule has 1 rings (SSSR count). The molecule has 10 heavy (non-hydrogen) atoms. The smallest absolute Gasteiger partial charge is 0.697 e. The van der Waals surface area contributed by atoms with Crippen LogP contribution in [-0.2, 0) is 0 Å². The Hall–Kier alpha value is 0.107. The monoisotopic (exact) mass is 236 g/mol. The van der Waals surface area contributed by atoms with E-state index < -0.39 is 0 Å². The summed E-state index contributed by atoms with van der Waals surface area (Å²) in [7, 11) is 0. The first-order valence-electron chi connectivity index (χ1n) is 2.39. The summed E-state index contributed by atoms with van der Waals surface area (Å²) in [6, 6.07) is 10.2. The second kappa shape index (κ2) is 9.11. The number of benzene rings is 1. The molecular weight excluding hydrogens is 230 g/mol. The van der Waals surface area contributed by atoms with Crippen LogP contribution in [0.1, 0.15) is 0 Å². The molecule has 0 heterocycles. The van der Waals surface area contributed by atoms with Crippen LogP contribution in [0.4, 0.5) is 0 Å². The Morgan fingerprint density at radius 1 is 1.10 bits per heavy atom. The first kappa shape index (κ1) is 12.8. The summed E-state index contributed by atoms with van der Waals surface area (Å²) in [4.78, 5) is 0. The summed E-state index contributed by atoms with van der Waals surface area (Å²) in [6.07, 6.45) is 9.00. The van der Waals surface area contributed by atoms with Crippen molar-refractivity contribution in [2.75, 3.05) is 0 Å². The molecule has 0 aromatic heterocycles. The van der Waals surface area contributed by atoms with E-state index in [1.54, 1.807) is 0 Å². The van der Waals surface area contributed by atoms with Crippen LogP contribution in [0.5, 0.6) is 0 Å². The van der Waals surface area contributed by atoms with Crippen molar-refractivity contribution in [2.45, 2.75) is 0 Å². The normalized spacial score (nSPS) is 6.30. The number of hydrogen-bond donors (Lipinski definition) is 0. The van der Waals surface area contributed by atoms with Gasteiger partial charge in [-0.2, -0.15) is 0 Å². The van der Waals surface area contributed by atoms with Gasteiger partial charge in [0.15, 0.2) is 0 Å². The van der Waals surface area contributed by atoms with Gasteiger partial charge in [-0.1, -0.05) is 18.2 Å². The van der Waals surface area contributed by atoms with Crippen molar-refractivity contribution in [1.82, 2.24) is 0 Å². The Labute approximate surface area is 87.7 Å². The maximum atomic E-state index is 5.25. The first-order valence-corrected chi connectivity index (χ1v) is 3.47. The van der Waals surface area contributed by atoms with Crippen LogP contribution in [0, 0.1) is 16.4 Å². The molecule has 1 aromatic carbocycles. The van der Waals surface area contributed by atoms with Crippen LogP contribution < -0.4 is 18.9 Å². The minimum Gasteiger partial charge on any atom is -0.697 e. The van der Waals surface area contributed by atoms with Crippen molar-refractivity contribution in [3.05, 3.63) is 40.3 Å². The predicted molar refractivity (Wildman–Crippen MR) is 47.3 cm³/mol. The van der Waals surface area contributed by atoms with Gasteiger partial charge in [-0.25, -0.2) is 0 Å². The van der Waals surface area contributed by atoms with Crippen LogP contribution in [0.2, 0.25) is 0 Å². The average molecular weight is 236 g/mol. The largest absolute Gasteiger partial charge is 1.00 e. The second-order valence-corrected chi connectivity index (χ2v) is 2.54. The van der Waals surface area contributed by atoms with Gasteiger partial charge in [0.25, 0.3) is 0 Å². The minimum absolute atomic E-state index is 0. The van der Waals surface area contributed by atoms with E-state index in [4.69, 9.17) is 6.42 Å². The van der Waals surface area contributed by atoms with E-state index in [0.29, 0.717) is 0 Å². The van der Waals surface area contributed by atoms with Gasteiger partial charge in [0.05, 0.1) is 0 Å². The van der Waals surface area contributed by atoms with E-state index in [2.05, 4.69) is 41.1 Å². The molecule has 0 spiro atoms. The van der Waals surface area contributed by atoms with Crippen LogP contribution in [-0.4, -0.2) is 0 Å². The first-order chi connectivity index (χ1) is 4.39. The number of halogens is 1. The van der Waals surface area contributed by atoms with Gasteiger partial charge in [0.1, 0.15) is 0 Å². The molecule has 0 aliphatic carbocycles. The molecule has 1 aromatic rings. The van der Waals surface area contributed by atoms with Crippen LogP contribution in [0.3, 0.4) is 0 Å². The van der Waals surface area contributed by atoms with Crippen molar-refractivity contribution in [1.29, 1.82) is 0 Å². The number of rotatable bonds is 0. The summed E-state index contributed by atoms with van der Waals surface area (Å²) in [5.74, 6) is 0. The second-order valence-electron chi connectivity index (χ2n) is 1.30. The third-order valence-corrected chi connectivity index (χ3v) is 1.45. The third-order valence-electron chi connectivity index (χ3n) is 0.733. The fourth-order valence-corrected chi connectivity index (χ4v) is 0.830. The minimum atomic E-state index is 0. The molecule has 0 N–H and O–H groups in total. The molecule has 2 heteroatoms. The van der Waals surface area contributed by atoms with Crippen LogP contribution in [0.25, 0.3) is 0 Å². The maximum Gasteiger partial charge on any atom is 1.00 e. The van der Waals surface area contributed by atoms with Crippen LogP contribution >= 0.6 is 22.6 Å². The molecule has 0 aliphatic rings. The molecule has 0 amide bonds. The van der Waals surface area contributed by atoms with E-state index in [-0.39, 0.29) is 18.9 Å². The van der Waals surface area contributed by atoms with Crippen molar-refractivity contribution in [2.24, 2.45) is 0 Å². The molecule has 0 fully saturated rings. The Kier molecular flexibility index (Phi) is 11.6. The van der Waals surface area contributed by atoms with Gasteiger partial charge in [0.2, 0.25) is 0 Å². The van der Waals surface area contributed by atoms with Gasteiger partial charge in [-0.3, -0.25) is 0 Å². The van der Waals surface area contributed by atoms with Crippen molar-refractivity contribution < 1.29 is 18.9 Å². The number of terminal acetylenes is 1. The number of hydrogen-bond acceptors (Lipinski definition) is 0. The average Bonchev–Trinajstić information content (AvgIpc) is 1.94. The molecule has 0 saturated carbocycles. The Morgan fingerprint density at radius 2 is 1.50 bits per heavy atom. The fourth-order valence-electron chi connectivity index (χ4n) is 0.415. The zero-order valence-electron chi connectivity index (χ0n) is 5.84. The topological polar surface area (TPSA) is 0 Å². The molecule has 0 nitrogen and oxygen atoms in total. The Balaban J connectivity index is 0. The summed E-state index contributed by atoms with van der Waals surface area (Å²) < 4.78 is 1.29. The fraction of sp³-hybridized carbons (Fsp3) is 0. The molecule has 0 bridgehead atoms. The van der Waals surface area contributed by atoms with E-state index in [0.717, 1.165) is 0 Å². The zero-order chi connectivity index (χ0) is 7.11. The molecule has 46 valence electrons. The van der Waals surface area contributed by atoms with E-state index >= 15 is 0 Å². The molecule has 0 radical (unpaired) electrons. The SMILES string of the molecule is Ic1ccccc1.[C-]#C.[Li+]. The van der Waals surface area contributed by atoms with E-state index in [1.165, 1.54) is 3.57 Å². The summed E-state index contributed by atoms with van der Waals surface area (Å²) in [5.41, 5.74) is 0. The predicted octanol–water partition coefficient (Wildman–Crippen LogP) is -0.499. The van der Waals surface area contributed by atoms with E-state index in [9.17, 15) is 0 Å². The summed E-state index contributed by atoms with van der Waals surface area (Å²) in [5, 5.41) is 0. The zero-order valence-corrected chi connectivity index (χ0v) is 8.00. The summed E-state index contributed by atoms with van der Waals surface area (Å²) in [6.45, 7) is 0.